The zero-order valence-electron chi connectivity index (χ0n) is 15.1. The van der Waals surface area contributed by atoms with E-state index in [1.807, 2.05) is 50.2 Å². The topological polar surface area (TPSA) is 57.0 Å². The number of benzene rings is 2. The number of aryl methyl sites for hydroxylation is 2. The van der Waals surface area contributed by atoms with Crippen LogP contribution in [0.2, 0.25) is 5.02 Å². The Morgan fingerprint density at radius 2 is 2.00 bits per heavy atom. The minimum atomic E-state index is -0.163. The Morgan fingerprint density at radius 3 is 2.70 bits per heavy atom. The van der Waals surface area contributed by atoms with Gasteiger partial charge < -0.3 is 4.90 Å². The molecular weight excluding hydrogens is 378 g/mol. The van der Waals surface area contributed by atoms with Crippen LogP contribution in [-0.4, -0.2) is 17.4 Å². The van der Waals surface area contributed by atoms with Crippen molar-refractivity contribution >= 4 is 34.5 Å². The summed E-state index contributed by atoms with van der Waals surface area (Å²) in [6.07, 6.45) is 1.83. The molecular formula is C21H18ClN3OS. The molecule has 136 valence electrons. The highest BCUT2D eigenvalue weighted by atomic mass is 35.5. The Labute approximate surface area is 167 Å². The molecule has 0 saturated carbocycles. The van der Waals surface area contributed by atoms with Gasteiger partial charge in [-0.25, -0.2) is 4.98 Å². The van der Waals surface area contributed by atoms with Crippen LogP contribution in [0, 0.1) is 25.2 Å². The predicted molar refractivity (Wildman–Crippen MR) is 110 cm³/mol. The number of hydrogen-bond donors (Lipinski definition) is 0. The zero-order chi connectivity index (χ0) is 19.4. The second-order valence-electron chi connectivity index (χ2n) is 6.14. The van der Waals surface area contributed by atoms with Gasteiger partial charge in [0.2, 0.25) is 0 Å². The van der Waals surface area contributed by atoms with Crippen molar-refractivity contribution in [2.45, 2.75) is 20.3 Å². The molecule has 6 heteroatoms. The van der Waals surface area contributed by atoms with E-state index in [0.29, 0.717) is 21.5 Å². The van der Waals surface area contributed by atoms with Crippen molar-refractivity contribution in [3.63, 3.8) is 0 Å². The van der Waals surface area contributed by atoms with Crippen molar-refractivity contribution in [3.05, 3.63) is 69.7 Å². The Bertz CT molecular complexity index is 1020. The normalized spacial score (nSPS) is 10.4. The van der Waals surface area contributed by atoms with E-state index < -0.39 is 0 Å². The number of anilines is 1. The number of carbonyl (C=O) groups is 1. The standard InChI is InChI=1S/C21H18ClN3OS/c1-14-8-9-16(12-15(14)2)25(11-5-10-23)21(26)19-13-24-20(27-19)17-6-3-4-7-18(17)22/h3-4,6-9,12-13H,5,11H2,1-2H3. The second-order valence-corrected chi connectivity index (χ2v) is 7.58. The number of amides is 1. The molecule has 0 spiro atoms. The van der Waals surface area contributed by atoms with Crippen molar-refractivity contribution in [2.24, 2.45) is 0 Å². The van der Waals surface area contributed by atoms with Crippen LogP contribution in [0.3, 0.4) is 0 Å². The summed E-state index contributed by atoms with van der Waals surface area (Å²) in [6, 6.07) is 15.4. The van der Waals surface area contributed by atoms with Gasteiger partial charge in [-0.2, -0.15) is 5.26 Å². The predicted octanol–water partition coefficient (Wildman–Crippen LogP) is 5.64. The molecule has 27 heavy (non-hydrogen) atoms. The maximum absolute atomic E-state index is 13.1. The Balaban J connectivity index is 1.94. The van der Waals surface area contributed by atoms with Crippen LogP contribution in [0.4, 0.5) is 5.69 Å². The van der Waals surface area contributed by atoms with Crippen molar-refractivity contribution in [3.8, 4) is 16.6 Å². The molecule has 0 fully saturated rings. The Kier molecular flexibility index (Phi) is 5.90. The number of nitriles is 1. The molecule has 0 N–H and O–H groups in total. The second kappa shape index (κ2) is 8.34. The molecule has 2 aromatic carbocycles. The molecule has 0 radical (unpaired) electrons. The minimum absolute atomic E-state index is 0.163. The van der Waals surface area contributed by atoms with Gasteiger partial charge in [-0.3, -0.25) is 4.79 Å². The molecule has 3 aromatic rings. The van der Waals surface area contributed by atoms with Crippen LogP contribution in [0.15, 0.2) is 48.7 Å². The van der Waals surface area contributed by atoms with E-state index in [9.17, 15) is 4.79 Å². The van der Waals surface area contributed by atoms with Gasteiger partial charge >= 0.3 is 0 Å². The van der Waals surface area contributed by atoms with Gasteiger partial charge in [0.15, 0.2) is 0 Å². The molecule has 4 nitrogen and oxygen atoms in total. The molecule has 0 aliphatic carbocycles. The number of aromatic nitrogens is 1. The number of hydrogen-bond acceptors (Lipinski definition) is 4. The van der Waals surface area contributed by atoms with Crippen molar-refractivity contribution in [2.75, 3.05) is 11.4 Å². The summed E-state index contributed by atoms with van der Waals surface area (Å²) in [6.45, 7) is 4.37. The monoisotopic (exact) mass is 395 g/mol. The number of halogens is 1. The highest BCUT2D eigenvalue weighted by Gasteiger charge is 2.21. The van der Waals surface area contributed by atoms with Crippen molar-refractivity contribution in [1.82, 2.24) is 4.98 Å². The Morgan fingerprint density at radius 1 is 1.22 bits per heavy atom. The third-order valence-corrected chi connectivity index (χ3v) is 5.66. The lowest BCUT2D eigenvalue weighted by atomic mass is 10.1. The van der Waals surface area contributed by atoms with Crippen molar-refractivity contribution < 1.29 is 4.79 Å². The largest absolute Gasteiger partial charge is 0.307 e. The third kappa shape index (κ3) is 4.19. The number of rotatable bonds is 5. The van der Waals surface area contributed by atoms with E-state index >= 15 is 0 Å². The maximum Gasteiger partial charge on any atom is 0.270 e. The molecule has 1 heterocycles. The van der Waals surface area contributed by atoms with Crippen LogP contribution >= 0.6 is 22.9 Å². The minimum Gasteiger partial charge on any atom is -0.307 e. The quantitative estimate of drug-likeness (QED) is 0.561. The van der Waals surface area contributed by atoms with Crippen LogP contribution in [0.25, 0.3) is 10.6 Å². The first-order chi connectivity index (χ1) is 13.0. The van der Waals surface area contributed by atoms with Crippen LogP contribution < -0.4 is 4.90 Å². The Hall–Kier alpha value is -2.68. The van der Waals surface area contributed by atoms with Gasteiger partial charge in [-0.05, 0) is 43.2 Å². The molecule has 0 bridgehead atoms. The van der Waals surface area contributed by atoms with Gasteiger partial charge in [-0.1, -0.05) is 35.9 Å². The smallest absolute Gasteiger partial charge is 0.270 e. The average Bonchev–Trinajstić information content (AvgIpc) is 3.15. The lowest BCUT2D eigenvalue weighted by Crippen LogP contribution is -2.31. The fourth-order valence-corrected chi connectivity index (χ4v) is 3.85. The summed E-state index contributed by atoms with van der Waals surface area (Å²) < 4.78 is 0. The summed E-state index contributed by atoms with van der Waals surface area (Å²) in [7, 11) is 0. The van der Waals surface area contributed by atoms with Gasteiger partial charge in [0.05, 0.1) is 23.7 Å². The molecule has 0 saturated heterocycles. The third-order valence-electron chi connectivity index (χ3n) is 4.32. The highest BCUT2D eigenvalue weighted by molar-refractivity contribution is 7.17. The molecule has 3 rings (SSSR count). The fraction of sp³-hybridized carbons (Fsp3) is 0.190. The summed E-state index contributed by atoms with van der Waals surface area (Å²) >= 11 is 7.54. The molecule has 1 aromatic heterocycles. The first-order valence-corrected chi connectivity index (χ1v) is 9.67. The summed E-state index contributed by atoms with van der Waals surface area (Å²) in [5, 5.41) is 10.3. The number of carbonyl (C=O) groups excluding carboxylic acids is 1. The first-order valence-electron chi connectivity index (χ1n) is 8.48. The molecule has 1 amide bonds. The van der Waals surface area contributed by atoms with Crippen LogP contribution in [-0.2, 0) is 0 Å². The molecule has 0 atom stereocenters. The fourth-order valence-electron chi connectivity index (χ4n) is 2.67. The lowest BCUT2D eigenvalue weighted by molar-refractivity contribution is 0.0991. The summed E-state index contributed by atoms with van der Waals surface area (Å²) in [4.78, 5) is 19.7. The first kappa shape index (κ1) is 19.1. The lowest BCUT2D eigenvalue weighted by Gasteiger charge is -2.22. The van der Waals surface area contributed by atoms with Gasteiger partial charge in [0, 0.05) is 17.8 Å². The highest BCUT2D eigenvalue weighted by Crippen LogP contribution is 2.32. The number of nitrogens with zero attached hydrogens (tertiary/aromatic N) is 3. The van der Waals surface area contributed by atoms with Crippen LogP contribution in [0.5, 0.6) is 0 Å². The van der Waals surface area contributed by atoms with Gasteiger partial charge in [0.25, 0.3) is 5.91 Å². The van der Waals surface area contributed by atoms with E-state index in [0.717, 1.165) is 22.4 Å². The van der Waals surface area contributed by atoms with E-state index in [1.165, 1.54) is 11.3 Å². The molecule has 0 unspecified atom stereocenters. The van der Waals surface area contributed by atoms with E-state index in [4.69, 9.17) is 16.9 Å². The maximum atomic E-state index is 13.1. The summed E-state index contributed by atoms with van der Waals surface area (Å²) in [5.41, 5.74) is 3.84. The van der Waals surface area contributed by atoms with Crippen molar-refractivity contribution in [1.29, 1.82) is 5.26 Å². The SMILES string of the molecule is Cc1ccc(N(CCC#N)C(=O)c2cnc(-c3ccccc3Cl)s2)cc1C. The van der Waals surface area contributed by atoms with Gasteiger partial charge in [0.1, 0.15) is 9.88 Å². The number of thiazole rings is 1. The molecule has 0 aliphatic heterocycles. The van der Waals surface area contributed by atoms with E-state index in [-0.39, 0.29) is 12.3 Å². The van der Waals surface area contributed by atoms with E-state index in [2.05, 4.69) is 11.1 Å². The zero-order valence-corrected chi connectivity index (χ0v) is 16.6. The van der Waals surface area contributed by atoms with Crippen LogP contribution in [0.1, 0.15) is 27.2 Å². The van der Waals surface area contributed by atoms with Gasteiger partial charge in [-0.15, -0.1) is 11.3 Å². The van der Waals surface area contributed by atoms with E-state index in [1.54, 1.807) is 17.2 Å². The average molecular weight is 396 g/mol. The molecule has 0 aliphatic rings. The summed E-state index contributed by atoms with van der Waals surface area (Å²) in [5.74, 6) is -0.163.